The minimum absolute atomic E-state index is 0.0264. The Morgan fingerprint density at radius 1 is 0.708 bits per heavy atom. The van der Waals surface area contributed by atoms with Crippen molar-refractivity contribution >= 4 is 0 Å². The lowest BCUT2D eigenvalue weighted by Crippen LogP contribution is -2.31. The summed E-state index contributed by atoms with van der Waals surface area (Å²) in [4.78, 5) is 0. The van der Waals surface area contributed by atoms with Crippen LogP contribution >= 0.6 is 0 Å². The summed E-state index contributed by atoms with van der Waals surface area (Å²) in [5.74, 6) is 0. The van der Waals surface area contributed by atoms with Crippen molar-refractivity contribution in [2.75, 3.05) is 0 Å². The molecule has 1 saturated heterocycles. The van der Waals surface area contributed by atoms with Crippen LogP contribution in [0.3, 0.4) is 0 Å². The highest BCUT2D eigenvalue weighted by Gasteiger charge is 2.50. The molecule has 0 bridgehead atoms. The maximum Gasteiger partial charge on any atom is 0.0966 e. The van der Waals surface area contributed by atoms with Gasteiger partial charge >= 0.3 is 0 Å². The molecule has 0 N–H and O–H groups in total. The summed E-state index contributed by atoms with van der Waals surface area (Å²) in [6.45, 7) is 2.18. The lowest BCUT2D eigenvalue weighted by molar-refractivity contribution is 0.0415. The zero-order valence-electron chi connectivity index (χ0n) is 13.9. The highest BCUT2D eigenvalue weighted by atomic mass is 16.5. The average molecular weight is 314 g/mol. The van der Waals surface area contributed by atoms with Crippen molar-refractivity contribution in [2.24, 2.45) is 0 Å². The van der Waals surface area contributed by atoms with E-state index in [1.165, 1.54) is 16.7 Å². The Kier molecular flexibility index (Phi) is 3.95. The molecule has 3 aromatic carbocycles. The molecule has 1 aliphatic heterocycles. The summed E-state index contributed by atoms with van der Waals surface area (Å²) in [6, 6.07) is 32.3. The summed E-state index contributed by atoms with van der Waals surface area (Å²) in [5.41, 5.74) is 3.75. The normalized spacial score (nSPS) is 22.4. The van der Waals surface area contributed by atoms with E-state index in [1.807, 2.05) is 0 Å². The quantitative estimate of drug-likeness (QED) is 0.618. The van der Waals surface area contributed by atoms with Crippen molar-refractivity contribution in [1.29, 1.82) is 0 Å². The fourth-order valence-corrected chi connectivity index (χ4v) is 4.12. The second-order valence-electron chi connectivity index (χ2n) is 6.64. The van der Waals surface area contributed by atoms with Gasteiger partial charge in [-0.05, 0) is 30.0 Å². The molecule has 0 aromatic heterocycles. The number of hydrogen-bond donors (Lipinski definition) is 0. The first kappa shape index (κ1) is 15.2. The first-order valence-corrected chi connectivity index (χ1v) is 8.62. The molecule has 0 aliphatic carbocycles. The molecular weight excluding hydrogens is 292 g/mol. The van der Waals surface area contributed by atoms with Crippen molar-refractivity contribution in [1.82, 2.24) is 0 Å². The average Bonchev–Trinajstić information content (AvgIpc) is 3.02. The molecule has 1 nitrogen and oxygen atoms in total. The molecule has 0 saturated carbocycles. The molecule has 2 atom stereocenters. The third kappa shape index (κ3) is 2.46. The fraction of sp³-hybridized carbons (Fsp3) is 0.217. The van der Waals surface area contributed by atoms with Gasteiger partial charge in [0.2, 0.25) is 0 Å². The number of benzene rings is 3. The Hall–Kier alpha value is -2.38. The summed E-state index contributed by atoms with van der Waals surface area (Å²) in [5, 5.41) is 0. The summed E-state index contributed by atoms with van der Waals surface area (Å²) < 4.78 is 6.47. The van der Waals surface area contributed by atoms with Crippen LogP contribution in [-0.4, -0.2) is 6.10 Å². The Balaban J connectivity index is 1.95. The number of hydrogen-bond acceptors (Lipinski definition) is 1. The molecule has 1 heterocycles. The third-order valence-electron chi connectivity index (χ3n) is 5.11. The molecule has 3 aromatic rings. The van der Waals surface area contributed by atoms with Gasteiger partial charge in [-0.3, -0.25) is 0 Å². The van der Waals surface area contributed by atoms with E-state index in [9.17, 15) is 0 Å². The van der Waals surface area contributed by atoms with Gasteiger partial charge in [0.15, 0.2) is 0 Å². The van der Waals surface area contributed by atoms with Crippen LogP contribution in [0.15, 0.2) is 91.0 Å². The van der Waals surface area contributed by atoms with Crippen molar-refractivity contribution in [3.05, 3.63) is 108 Å². The van der Waals surface area contributed by atoms with Crippen LogP contribution in [0.1, 0.15) is 36.1 Å². The predicted octanol–water partition coefficient (Wildman–Crippen LogP) is 5.52. The Labute approximate surface area is 143 Å². The zero-order chi connectivity index (χ0) is 16.4. The Bertz CT molecular complexity index is 741. The number of rotatable bonds is 3. The van der Waals surface area contributed by atoms with Gasteiger partial charge in [-0.25, -0.2) is 0 Å². The van der Waals surface area contributed by atoms with Gasteiger partial charge in [0.1, 0.15) is 0 Å². The molecule has 1 heteroatoms. The topological polar surface area (TPSA) is 9.23 Å². The summed E-state index contributed by atoms with van der Waals surface area (Å²) in [7, 11) is 0. The van der Waals surface area contributed by atoms with Crippen LogP contribution < -0.4 is 0 Å². The van der Waals surface area contributed by atoms with E-state index in [2.05, 4.69) is 97.9 Å². The first-order valence-electron chi connectivity index (χ1n) is 8.62. The van der Waals surface area contributed by atoms with Crippen molar-refractivity contribution in [3.8, 4) is 0 Å². The van der Waals surface area contributed by atoms with Crippen LogP contribution in [0.2, 0.25) is 0 Å². The first-order chi connectivity index (χ1) is 11.8. The molecule has 1 fully saturated rings. The van der Waals surface area contributed by atoms with Gasteiger partial charge in [-0.2, -0.15) is 0 Å². The fourth-order valence-electron chi connectivity index (χ4n) is 4.12. The van der Waals surface area contributed by atoms with E-state index >= 15 is 0 Å². The van der Waals surface area contributed by atoms with E-state index in [-0.39, 0.29) is 17.6 Å². The van der Waals surface area contributed by atoms with Crippen LogP contribution in [0, 0.1) is 0 Å². The third-order valence-corrected chi connectivity index (χ3v) is 5.11. The van der Waals surface area contributed by atoms with Gasteiger partial charge < -0.3 is 4.74 Å². The molecule has 0 spiro atoms. The Morgan fingerprint density at radius 3 is 1.67 bits per heavy atom. The number of ether oxygens (including phenoxy) is 1. The molecular formula is C23H22O. The Morgan fingerprint density at radius 2 is 1.17 bits per heavy atom. The minimum atomic E-state index is -0.150. The van der Waals surface area contributed by atoms with Crippen LogP contribution in [-0.2, 0) is 10.2 Å². The molecule has 0 amide bonds. The minimum Gasteiger partial charge on any atom is -0.369 e. The van der Waals surface area contributed by atoms with Crippen LogP contribution in [0.4, 0.5) is 0 Å². The van der Waals surface area contributed by atoms with Gasteiger partial charge in [-0.1, -0.05) is 91.0 Å². The van der Waals surface area contributed by atoms with Gasteiger partial charge in [-0.15, -0.1) is 0 Å². The monoisotopic (exact) mass is 314 g/mol. The highest BCUT2D eigenvalue weighted by Crippen LogP contribution is 2.53. The molecule has 2 unspecified atom stereocenters. The summed E-state index contributed by atoms with van der Waals surface area (Å²) in [6.07, 6.45) is 1.23. The smallest absolute Gasteiger partial charge is 0.0966 e. The van der Waals surface area contributed by atoms with E-state index in [0.29, 0.717) is 0 Å². The van der Waals surface area contributed by atoms with Gasteiger partial charge in [0, 0.05) is 0 Å². The van der Waals surface area contributed by atoms with Crippen molar-refractivity contribution in [2.45, 2.75) is 31.0 Å². The van der Waals surface area contributed by atoms with Crippen molar-refractivity contribution < 1.29 is 4.74 Å². The molecule has 24 heavy (non-hydrogen) atoms. The lowest BCUT2D eigenvalue weighted by Gasteiger charge is -2.35. The predicted molar refractivity (Wildman–Crippen MR) is 98.0 cm³/mol. The molecule has 0 radical (unpaired) electrons. The van der Waals surface area contributed by atoms with Gasteiger partial charge in [0.05, 0.1) is 17.6 Å². The van der Waals surface area contributed by atoms with Crippen molar-refractivity contribution in [3.63, 3.8) is 0 Å². The largest absolute Gasteiger partial charge is 0.369 e. The SMILES string of the molecule is CC1CC(c2ccccc2)(c2ccccc2)C(c2ccccc2)O1. The zero-order valence-corrected chi connectivity index (χ0v) is 13.9. The van der Waals surface area contributed by atoms with Gasteiger partial charge in [0.25, 0.3) is 0 Å². The highest BCUT2D eigenvalue weighted by molar-refractivity contribution is 5.45. The van der Waals surface area contributed by atoms with E-state index < -0.39 is 0 Å². The maximum absolute atomic E-state index is 6.47. The van der Waals surface area contributed by atoms with E-state index in [0.717, 1.165) is 6.42 Å². The lowest BCUT2D eigenvalue weighted by atomic mass is 9.67. The van der Waals surface area contributed by atoms with E-state index in [4.69, 9.17) is 4.74 Å². The van der Waals surface area contributed by atoms with Crippen LogP contribution in [0.25, 0.3) is 0 Å². The second kappa shape index (κ2) is 6.26. The maximum atomic E-state index is 6.47. The molecule has 4 rings (SSSR count). The van der Waals surface area contributed by atoms with Crippen LogP contribution in [0.5, 0.6) is 0 Å². The second-order valence-corrected chi connectivity index (χ2v) is 6.64. The summed E-state index contributed by atoms with van der Waals surface area (Å²) >= 11 is 0. The molecule has 1 aliphatic rings. The van der Waals surface area contributed by atoms with E-state index in [1.54, 1.807) is 0 Å². The standard InChI is InChI=1S/C23H22O/c1-18-17-23(20-13-7-3-8-14-20,21-15-9-4-10-16-21)22(24-18)19-11-5-2-6-12-19/h2-16,18,22H,17H2,1H3. The molecule has 120 valence electrons.